The molecule has 3 N–H and O–H groups in total. The zero-order valence-corrected chi connectivity index (χ0v) is 13.5. The summed E-state index contributed by atoms with van der Waals surface area (Å²) in [6.45, 7) is -1.07. The Morgan fingerprint density at radius 2 is 1.50 bits per heavy atom. The number of aliphatic carboxylic acids is 1. The topological polar surface area (TPSA) is 86.6 Å². The molecular formula is C11H14F9NO4S. The Labute approximate surface area is 143 Å². The molecule has 15 heteroatoms. The van der Waals surface area contributed by atoms with E-state index in [4.69, 9.17) is 5.11 Å². The number of aliphatic hydroxyl groups is 1. The first-order valence-electron chi connectivity index (χ1n) is 6.61. The summed E-state index contributed by atoms with van der Waals surface area (Å²) in [4.78, 5) is 10.2. The molecule has 0 aromatic carbocycles. The van der Waals surface area contributed by atoms with E-state index in [-0.39, 0.29) is 0 Å². The molecular weight excluding hydrogens is 413 g/mol. The summed E-state index contributed by atoms with van der Waals surface area (Å²) < 4.78 is 125. The van der Waals surface area contributed by atoms with Gasteiger partial charge in [-0.15, -0.1) is 0 Å². The van der Waals surface area contributed by atoms with E-state index < -0.39 is 77.8 Å². The summed E-state index contributed by atoms with van der Waals surface area (Å²) in [5.74, 6) is -23.1. The van der Waals surface area contributed by atoms with Crippen molar-refractivity contribution in [3.8, 4) is 0 Å². The van der Waals surface area contributed by atoms with Crippen molar-refractivity contribution >= 4 is 16.8 Å². The fourth-order valence-corrected chi connectivity index (χ4v) is 2.71. The van der Waals surface area contributed by atoms with Gasteiger partial charge in [-0.1, -0.05) is 0 Å². The average molecular weight is 427 g/mol. The number of hydrogen-bond acceptors (Lipinski definition) is 4. The lowest BCUT2D eigenvalue weighted by Gasteiger charge is -2.33. The molecule has 0 saturated heterocycles. The highest BCUT2D eigenvalue weighted by Crippen LogP contribution is 2.53. The molecule has 0 saturated carbocycles. The van der Waals surface area contributed by atoms with Crippen molar-refractivity contribution < 1.29 is 58.7 Å². The number of carboxylic acids is 1. The number of hydrogen-bond donors (Lipinski definition) is 3. The molecule has 0 aliphatic heterocycles. The van der Waals surface area contributed by atoms with Crippen LogP contribution >= 0.6 is 0 Å². The zero-order valence-electron chi connectivity index (χ0n) is 12.6. The number of nitrogens with one attached hydrogen (secondary N) is 1. The monoisotopic (exact) mass is 427 g/mol. The van der Waals surface area contributed by atoms with Gasteiger partial charge in [0.15, 0.2) is 0 Å². The van der Waals surface area contributed by atoms with Gasteiger partial charge in [-0.2, -0.15) is 39.5 Å². The van der Waals surface area contributed by atoms with Crippen molar-refractivity contribution in [3.63, 3.8) is 0 Å². The van der Waals surface area contributed by atoms with Gasteiger partial charge in [0.1, 0.15) is 0 Å². The van der Waals surface area contributed by atoms with E-state index in [1.807, 2.05) is 0 Å². The minimum absolute atomic E-state index is 0.462. The van der Waals surface area contributed by atoms with Crippen LogP contribution in [0.3, 0.4) is 0 Å². The van der Waals surface area contributed by atoms with Crippen molar-refractivity contribution in [3.05, 3.63) is 0 Å². The second kappa shape index (κ2) is 8.73. The second-order valence-electron chi connectivity index (χ2n) is 5.09. The van der Waals surface area contributed by atoms with Crippen LogP contribution in [0.2, 0.25) is 0 Å². The van der Waals surface area contributed by atoms with Crippen LogP contribution < -0.4 is 5.32 Å². The highest BCUT2D eigenvalue weighted by atomic mass is 32.2. The van der Waals surface area contributed by atoms with Crippen molar-refractivity contribution in [2.75, 3.05) is 24.6 Å². The van der Waals surface area contributed by atoms with Gasteiger partial charge < -0.3 is 15.5 Å². The lowest BCUT2D eigenvalue weighted by molar-refractivity contribution is -0.396. The van der Waals surface area contributed by atoms with Crippen LogP contribution in [0.15, 0.2) is 0 Å². The maximum absolute atomic E-state index is 13.2. The molecule has 0 bridgehead atoms. The summed E-state index contributed by atoms with van der Waals surface area (Å²) in [5.41, 5.74) is 0. The molecule has 2 unspecified atom stereocenters. The fourth-order valence-electron chi connectivity index (χ4n) is 1.51. The predicted octanol–water partition coefficient (Wildman–Crippen LogP) is 1.63. The smallest absolute Gasteiger partial charge is 0.460 e. The molecule has 0 aromatic heterocycles. The first-order chi connectivity index (χ1) is 11.5. The predicted molar refractivity (Wildman–Crippen MR) is 69.9 cm³/mol. The first-order valence-corrected chi connectivity index (χ1v) is 8.10. The van der Waals surface area contributed by atoms with Crippen LogP contribution in [0.5, 0.6) is 0 Å². The molecule has 0 fully saturated rings. The fraction of sp³-hybridized carbons (Fsp3) is 0.909. The summed E-state index contributed by atoms with van der Waals surface area (Å²) in [6.07, 6.45) is -10.7. The van der Waals surface area contributed by atoms with E-state index in [0.717, 1.165) is 0 Å². The molecule has 156 valence electrons. The van der Waals surface area contributed by atoms with E-state index in [1.54, 1.807) is 0 Å². The quantitative estimate of drug-likeness (QED) is 0.437. The molecule has 0 radical (unpaired) electrons. The Morgan fingerprint density at radius 1 is 1.00 bits per heavy atom. The van der Waals surface area contributed by atoms with Crippen LogP contribution in [0.1, 0.15) is 6.42 Å². The number of aliphatic hydroxyl groups excluding tert-OH is 1. The lowest BCUT2D eigenvalue weighted by atomic mass is 10.0. The van der Waals surface area contributed by atoms with Crippen molar-refractivity contribution in [2.24, 2.45) is 0 Å². The van der Waals surface area contributed by atoms with E-state index in [2.05, 4.69) is 5.32 Å². The van der Waals surface area contributed by atoms with Gasteiger partial charge in [-0.25, -0.2) is 0 Å². The van der Waals surface area contributed by atoms with Gasteiger partial charge in [0.25, 0.3) is 0 Å². The molecule has 0 spiro atoms. The molecule has 26 heavy (non-hydrogen) atoms. The van der Waals surface area contributed by atoms with Crippen molar-refractivity contribution in [2.45, 2.75) is 36.5 Å². The number of rotatable bonds is 11. The second-order valence-corrected chi connectivity index (χ2v) is 6.71. The minimum Gasteiger partial charge on any atom is -0.480 e. The largest absolute Gasteiger partial charge is 0.480 e. The summed E-state index contributed by atoms with van der Waals surface area (Å²) >= 11 is 0. The maximum atomic E-state index is 13.2. The maximum Gasteiger partial charge on any atom is 0.460 e. The van der Waals surface area contributed by atoms with Gasteiger partial charge in [0.2, 0.25) is 0 Å². The first kappa shape index (κ1) is 24.9. The Bertz CT molecular complexity index is 512. The van der Waals surface area contributed by atoms with Gasteiger partial charge in [-0.3, -0.25) is 9.00 Å². The third-order valence-corrected chi connectivity index (χ3v) is 4.30. The molecule has 0 heterocycles. The van der Waals surface area contributed by atoms with E-state index >= 15 is 0 Å². The summed E-state index contributed by atoms with van der Waals surface area (Å²) in [5, 5.41) is 19.7. The van der Waals surface area contributed by atoms with Crippen LogP contribution in [-0.4, -0.2) is 75.0 Å². The molecule has 0 rings (SSSR count). The number of carboxylic acid groups (broad SMARTS) is 1. The van der Waals surface area contributed by atoms with Gasteiger partial charge in [0, 0.05) is 29.5 Å². The normalized spacial score (nSPS) is 16.4. The Kier molecular flexibility index (Phi) is 8.37. The molecule has 0 aliphatic carbocycles. The molecule has 0 aromatic rings. The highest BCUT2D eigenvalue weighted by Gasteiger charge is 2.81. The molecule has 0 amide bonds. The van der Waals surface area contributed by atoms with Crippen LogP contribution in [0, 0.1) is 0 Å². The molecule has 5 nitrogen and oxygen atoms in total. The molecule has 0 aliphatic rings. The lowest BCUT2D eigenvalue weighted by Crippen LogP contribution is -2.61. The van der Waals surface area contributed by atoms with Gasteiger partial charge in [-0.05, 0) is 0 Å². The third-order valence-electron chi connectivity index (χ3n) is 2.89. The van der Waals surface area contributed by atoms with E-state index in [1.165, 1.54) is 0 Å². The van der Waals surface area contributed by atoms with Gasteiger partial charge >= 0.3 is 29.9 Å². The Hall–Kier alpha value is -1.09. The number of carbonyl (C=O) groups is 1. The van der Waals surface area contributed by atoms with Crippen molar-refractivity contribution in [1.82, 2.24) is 5.32 Å². The molecule has 2 atom stereocenters. The minimum atomic E-state index is -7.01. The summed E-state index contributed by atoms with van der Waals surface area (Å²) in [6, 6.07) is 0. The van der Waals surface area contributed by atoms with E-state index in [0.29, 0.717) is 0 Å². The van der Waals surface area contributed by atoms with Gasteiger partial charge in [0.05, 0.1) is 18.4 Å². The number of halogens is 9. The Balaban J connectivity index is 4.76. The number of alkyl halides is 9. The SMILES string of the molecule is O=C(O)CNCC(O)CS(=O)CCC(F)(F)C(F)(F)C(F)(F)C(F)(F)F. The highest BCUT2D eigenvalue weighted by molar-refractivity contribution is 7.85. The average Bonchev–Trinajstić information content (AvgIpc) is 2.43. The van der Waals surface area contributed by atoms with E-state index in [9.17, 15) is 53.6 Å². The Morgan fingerprint density at radius 3 is 1.92 bits per heavy atom. The zero-order chi connectivity index (χ0) is 21.0. The van der Waals surface area contributed by atoms with Crippen LogP contribution in [-0.2, 0) is 15.6 Å². The van der Waals surface area contributed by atoms with Crippen LogP contribution in [0.4, 0.5) is 39.5 Å². The van der Waals surface area contributed by atoms with Crippen LogP contribution in [0.25, 0.3) is 0 Å². The summed E-state index contributed by atoms with van der Waals surface area (Å²) in [7, 11) is -2.47. The van der Waals surface area contributed by atoms with Crippen molar-refractivity contribution in [1.29, 1.82) is 0 Å². The standard InChI is InChI=1S/C11H14F9NO4S/c12-8(13,9(14,15)10(16,17)11(18,19)20)1-2-26(25)5-6(22)3-21-4-7(23)24/h6,21-22H,1-5H2,(H,23,24). The third kappa shape index (κ3) is 6.26.